The second kappa shape index (κ2) is 6.85. The monoisotopic (exact) mass is 307 g/mol. The van der Waals surface area contributed by atoms with Crippen molar-refractivity contribution in [3.63, 3.8) is 0 Å². The standard InChI is InChI=1S/C16H25N3O3/c1-5-18-7-6-8-19(10-15(18)20)16(21)17-12(3)14-9-11(2)22-13(14)4/h9,12H,5-8,10H2,1-4H3,(H,17,21)/t12-/m1/s1. The van der Waals surface area contributed by atoms with Crippen molar-refractivity contribution in [2.45, 2.75) is 40.2 Å². The van der Waals surface area contributed by atoms with E-state index < -0.39 is 0 Å². The molecule has 1 saturated heterocycles. The number of nitrogens with one attached hydrogen (secondary N) is 1. The zero-order chi connectivity index (χ0) is 16.3. The molecule has 1 aromatic rings. The van der Waals surface area contributed by atoms with E-state index in [9.17, 15) is 9.59 Å². The molecule has 0 saturated carbocycles. The molecule has 22 heavy (non-hydrogen) atoms. The highest BCUT2D eigenvalue weighted by Gasteiger charge is 2.25. The number of likely N-dealkylation sites (N-methyl/N-ethyl adjacent to an activating group) is 1. The lowest BCUT2D eigenvalue weighted by Crippen LogP contribution is -2.44. The fraction of sp³-hybridized carbons (Fsp3) is 0.625. The number of furan rings is 1. The van der Waals surface area contributed by atoms with Gasteiger partial charge in [-0.25, -0.2) is 4.79 Å². The van der Waals surface area contributed by atoms with Gasteiger partial charge < -0.3 is 19.5 Å². The molecule has 2 heterocycles. The predicted octanol–water partition coefficient (Wildman–Crippen LogP) is 2.22. The smallest absolute Gasteiger partial charge is 0.318 e. The Balaban J connectivity index is 1.99. The van der Waals surface area contributed by atoms with Crippen molar-refractivity contribution in [3.8, 4) is 0 Å². The fourth-order valence-corrected chi connectivity index (χ4v) is 2.86. The predicted molar refractivity (Wildman–Crippen MR) is 83.6 cm³/mol. The molecule has 0 unspecified atom stereocenters. The molecule has 122 valence electrons. The van der Waals surface area contributed by atoms with Crippen molar-refractivity contribution in [1.82, 2.24) is 15.1 Å². The SMILES string of the molecule is CCN1CCCN(C(=O)N[C@H](C)c2cc(C)oc2C)CC1=O. The minimum absolute atomic E-state index is 0.0122. The number of carbonyl (C=O) groups is 2. The van der Waals surface area contributed by atoms with Gasteiger partial charge in [0.05, 0.1) is 6.04 Å². The number of aryl methyl sites for hydroxylation is 2. The minimum atomic E-state index is -0.197. The van der Waals surface area contributed by atoms with Gasteiger partial charge in [0.25, 0.3) is 0 Å². The Hall–Kier alpha value is -1.98. The molecule has 1 atom stereocenters. The Labute approximate surface area is 131 Å². The number of amides is 3. The Kier molecular flexibility index (Phi) is 5.11. The highest BCUT2D eigenvalue weighted by molar-refractivity contribution is 5.84. The van der Waals surface area contributed by atoms with Gasteiger partial charge in [-0.3, -0.25) is 4.79 Å². The summed E-state index contributed by atoms with van der Waals surface area (Å²) in [5.41, 5.74) is 0.974. The van der Waals surface area contributed by atoms with Crippen LogP contribution in [0.5, 0.6) is 0 Å². The molecule has 6 nitrogen and oxygen atoms in total. The van der Waals surface area contributed by atoms with E-state index in [1.807, 2.05) is 33.8 Å². The molecule has 6 heteroatoms. The number of nitrogens with zero attached hydrogens (tertiary/aromatic N) is 2. The first kappa shape index (κ1) is 16.4. The van der Waals surface area contributed by atoms with E-state index in [1.54, 1.807) is 9.80 Å². The molecule has 1 fully saturated rings. The average Bonchev–Trinajstić information content (AvgIpc) is 2.69. The molecule has 3 amide bonds. The molecule has 1 aromatic heterocycles. The van der Waals surface area contributed by atoms with Crippen molar-refractivity contribution in [3.05, 3.63) is 23.2 Å². The van der Waals surface area contributed by atoms with Gasteiger partial charge in [-0.2, -0.15) is 0 Å². The van der Waals surface area contributed by atoms with Crippen LogP contribution in [0.1, 0.15) is 43.4 Å². The topological polar surface area (TPSA) is 65.8 Å². The summed E-state index contributed by atoms with van der Waals surface area (Å²) in [6.07, 6.45) is 0.811. The molecular weight excluding hydrogens is 282 g/mol. The molecule has 0 bridgehead atoms. The minimum Gasteiger partial charge on any atom is -0.466 e. The number of hydrogen-bond donors (Lipinski definition) is 1. The maximum atomic E-state index is 12.4. The summed E-state index contributed by atoms with van der Waals surface area (Å²) in [6, 6.07) is 1.59. The molecule has 1 aliphatic rings. The second-order valence-electron chi connectivity index (χ2n) is 5.79. The summed E-state index contributed by atoms with van der Waals surface area (Å²) in [5.74, 6) is 1.66. The normalized spacial score (nSPS) is 17.4. The summed E-state index contributed by atoms with van der Waals surface area (Å²) in [5, 5.41) is 2.96. The lowest BCUT2D eigenvalue weighted by atomic mass is 10.1. The van der Waals surface area contributed by atoms with E-state index >= 15 is 0 Å². The van der Waals surface area contributed by atoms with Crippen molar-refractivity contribution < 1.29 is 14.0 Å². The number of rotatable bonds is 3. The maximum Gasteiger partial charge on any atom is 0.318 e. The van der Waals surface area contributed by atoms with Crippen LogP contribution in [0.15, 0.2) is 10.5 Å². The van der Waals surface area contributed by atoms with Crippen LogP contribution < -0.4 is 5.32 Å². The first-order valence-corrected chi connectivity index (χ1v) is 7.82. The average molecular weight is 307 g/mol. The Morgan fingerprint density at radius 2 is 2.14 bits per heavy atom. The zero-order valence-electron chi connectivity index (χ0n) is 13.8. The van der Waals surface area contributed by atoms with E-state index in [4.69, 9.17) is 4.42 Å². The van der Waals surface area contributed by atoms with Crippen LogP contribution in [0.4, 0.5) is 4.79 Å². The number of urea groups is 1. The van der Waals surface area contributed by atoms with E-state index in [0.29, 0.717) is 19.6 Å². The zero-order valence-corrected chi connectivity index (χ0v) is 13.8. The van der Waals surface area contributed by atoms with Crippen LogP contribution in [0, 0.1) is 13.8 Å². The highest BCUT2D eigenvalue weighted by Crippen LogP contribution is 2.21. The third-order valence-electron chi connectivity index (χ3n) is 4.09. The molecule has 0 radical (unpaired) electrons. The van der Waals surface area contributed by atoms with Gasteiger partial charge in [-0.15, -0.1) is 0 Å². The number of hydrogen-bond acceptors (Lipinski definition) is 3. The third-order valence-corrected chi connectivity index (χ3v) is 4.09. The summed E-state index contributed by atoms with van der Waals surface area (Å²) in [6.45, 7) is 9.82. The summed E-state index contributed by atoms with van der Waals surface area (Å²) < 4.78 is 5.50. The largest absolute Gasteiger partial charge is 0.466 e. The summed E-state index contributed by atoms with van der Waals surface area (Å²) >= 11 is 0. The first-order valence-electron chi connectivity index (χ1n) is 7.82. The highest BCUT2D eigenvalue weighted by atomic mass is 16.3. The van der Waals surface area contributed by atoms with Gasteiger partial charge in [0, 0.05) is 25.2 Å². The van der Waals surface area contributed by atoms with Crippen molar-refractivity contribution >= 4 is 11.9 Å². The number of carbonyl (C=O) groups excluding carboxylic acids is 2. The molecule has 0 aliphatic carbocycles. The van der Waals surface area contributed by atoms with Crippen LogP contribution in [-0.2, 0) is 4.79 Å². The molecule has 2 rings (SSSR count). The van der Waals surface area contributed by atoms with Gasteiger partial charge in [-0.1, -0.05) is 0 Å². The molecule has 0 spiro atoms. The Morgan fingerprint density at radius 1 is 1.41 bits per heavy atom. The Morgan fingerprint density at radius 3 is 2.73 bits per heavy atom. The summed E-state index contributed by atoms with van der Waals surface area (Å²) in [7, 11) is 0. The third kappa shape index (κ3) is 3.61. The van der Waals surface area contributed by atoms with Gasteiger partial charge in [0.15, 0.2) is 0 Å². The molecule has 0 aromatic carbocycles. The van der Waals surface area contributed by atoms with Crippen LogP contribution >= 0.6 is 0 Å². The van der Waals surface area contributed by atoms with Crippen LogP contribution in [0.3, 0.4) is 0 Å². The lowest BCUT2D eigenvalue weighted by molar-refractivity contribution is -0.130. The van der Waals surface area contributed by atoms with Crippen LogP contribution in [-0.4, -0.2) is 47.9 Å². The van der Waals surface area contributed by atoms with Gasteiger partial charge >= 0.3 is 6.03 Å². The Bertz CT molecular complexity index is 553. The quantitative estimate of drug-likeness (QED) is 0.931. The van der Waals surface area contributed by atoms with E-state index in [-0.39, 0.29) is 24.5 Å². The van der Waals surface area contributed by atoms with Crippen LogP contribution in [0.25, 0.3) is 0 Å². The lowest BCUT2D eigenvalue weighted by Gasteiger charge is -2.23. The molecule has 1 aliphatic heterocycles. The van der Waals surface area contributed by atoms with Gasteiger partial charge in [0.1, 0.15) is 18.1 Å². The summed E-state index contributed by atoms with van der Waals surface area (Å²) in [4.78, 5) is 27.9. The van der Waals surface area contributed by atoms with E-state index in [1.165, 1.54) is 0 Å². The van der Waals surface area contributed by atoms with E-state index in [2.05, 4.69) is 5.32 Å². The van der Waals surface area contributed by atoms with Crippen molar-refractivity contribution in [1.29, 1.82) is 0 Å². The van der Waals surface area contributed by atoms with Crippen molar-refractivity contribution in [2.24, 2.45) is 0 Å². The van der Waals surface area contributed by atoms with Gasteiger partial charge in [-0.05, 0) is 40.2 Å². The first-order chi connectivity index (χ1) is 10.4. The fourth-order valence-electron chi connectivity index (χ4n) is 2.86. The van der Waals surface area contributed by atoms with E-state index in [0.717, 1.165) is 23.5 Å². The molecular formula is C16H25N3O3. The van der Waals surface area contributed by atoms with Gasteiger partial charge in [0.2, 0.25) is 5.91 Å². The van der Waals surface area contributed by atoms with Crippen LogP contribution in [0.2, 0.25) is 0 Å². The maximum absolute atomic E-state index is 12.4. The second-order valence-corrected chi connectivity index (χ2v) is 5.79. The van der Waals surface area contributed by atoms with Crippen molar-refractivity contribution in [2.75, 3.05) is 26.2 Å². The molecule has 1 N–H and O–H groups in total.